The van der Waals surface area contributed by atoms with Crippen molar-refractivity contribution in [1.82, 2.24) is 15.1 Å². The first-order valence-corrected chi connectivity index (χ1v) is 8.39. The smallest absolute Gasteiger partial charge is 0.0587 e. The second-order valence-corrected chi connectivity index (χ2v) is 7.13. The van der Waals surface area contributed by atoms with E-state index in [9.17, 15) is 0 Å². The van der Waals surface area contributed by atoms with Crippen molar-refractivity contribution in [3.8, 4) is 0 Å². The fourth-order valence-electron chi connectivity index (χ4n) is 4.68. The number of fused-ring (bicyclic) bond motifs is 2. The van der Waals surface area contributed by atoms with Gasteiger partial charge in [0.15, 0.2) is 0 Å². The summed E-state index contributed by atoms with van der Waals surface area (Å²) in [4.78, 5) is 0. The number of aryl methyl sites for hydroxylation is 2. The lowest BCUT2D eigenvalue weighted by Crippen LogP contribution is -2.40. The van der Waals surface area contributed by atoms with E-state index in [1.54, 1.807) is 7.11 Å². The van der Waals surface area contributed by atoms with Crippen LogP contribution in [0.15, 0.2) is 12.4 Å². The number of nitrogens with one attached hydrogen (secondary N) is 1. The Morgan fingerprint density at radius 3 is 3.00 bits per heavy atom. The van der Waals surface area contributed by atoms with E-state index in [2.05, 4.69) is 16.6 Å². The largest absolute Gasteiger partial charge is 0.383 e. The zero-order chi connectivity index (χ0) is 14.7. The molecule has 4 heteroatoms. The first-order valence-electron chi connectivity index (χ1n) is 8.39. The molecule has 0 aliphatic heterocycles. The number of rotatable bonds is 8. The lowest BCUT2D eigenvalue weighted by Gasteiger charge is -2.38. The van der Waals surface area contributed by atoms with E-state index >= 15 is 0 Å². The zero-order valence-electron chi connectivity index (χ0n) is 13.5. The highest BCUT2D eigenvalue weighted by Crippen LogP contribution is 2.57. The van der Waals surface area contributed by atoms with Gasteiger partial charge in [-0.05, 0) is 54.9 Å². The summed E-state index contributed by atoms with van der Waals surface area (Å²) in [7, 11) is 3.78. The van der Waals surface area contributed by atoms with Crippen LogP contribution in [0.2, 0.25) is 0 Å². The fraction of sp³-hybridized carbons (Fsp3) is 0.824. The standard InChI is InChI=1S/C17H29N3O/c1-20-12-15(11-19-20)5-6-17(13-18-7-8-21-2)10-14-3-4-16(17)9-14/h11-12,14,16,18H,3-10,13H2,1-2H3. The highest BCUT2D eigenvalue weighted by Gasteiger charge is 2.49. The van der Waals surface area contributed by atoms with Crippen LogP contribution < -0.4 is 5.32 Å². The van der Waals surface area contributed by atoms with Gasteiger partial charge in [-0.15, -0.1) is 0 Å². The predicted molar refractivity (Wildman–Crippen MR) is 84.2 cm³/mol. The van der Waals surface area contributed by atoms with Gasteiger partial charge >= 0.3 is 0 Å². The van der Waals surface area contributed by atoms with E-state index < -0.39 is 0 Å². The van der Waals surface area contributed by atoms with Crippen molar-refractivity contribution in [3.63, 3.8) is 0 Å². The summed E-state index contributed by atoms with van der Waals surface area (Å²) in [5, 5.41) is 7.95. The second kappa shape index (κ2) is 6.49. The maximum atomic E-state index is 5.16. The van der Waals surface area contributed by atoms with E-state index in [1.165, 1.54) is 44.1 Å². The van der Waals surface area contributed by atoms with Gasteiger partial charge in [0.05, 0.1) is 12.8 Å². The first kappa shape index (κ1) is 15.0. The highest BCUT2D eigenvalue weighted by atomic mass is 16.5. The van der Waals surface area contributed by atoms with Crippen LogP contribution in [-0.4, -0.2) is 36.6 Å². The van der Waals surface area contributed by atoms with Crippen molar-refractivity contribution in [2.45, 2.75) is 38.5 Å². The van der Waals surface area contributed by atoms with Gasteiger partial charge in [-0.3, -0.25) is 4.68 Å². The SMILES string of the molecule is COCCNCC1(CCc2cnn(C)c2)CC2CCC1C2. The Kier molecular flexibility index (Phi) is 4.65. The molecular weight excluding hydrogens is 262 g/mol. The third-order valence-electron chi connectivity index (χ3n) is 5.73. The molecule has 118 valence electrons. The molecule has 1 heterocycles. The molecule has 2 saturated carbocycles. The van der Waals surface area contributed by atoms with Crippen LogP contribution in [0.25, 0.3) is 0 Å². The van der Waals surface area contributed by atoms with Crippen LogP contribution in [0.5, 0.6) is 0 Å². The summed E-state index contributed by atoms with van der Waals surface area (Å²) >= 11 is 0. The molecule has 1 aromatic heterocycles. The topological polar surface area (TPSA) is 39.1 Å². The van der Waals surface area contributed by atoms with Crippen LogP contribution in [-0.2, 0) is 18.2 Å². The van der Waals surface area contributed by atoms with Crippen molar-refractivity contribution in [1.29, 1.82) is 0 Å². The van der Waals surface area contributed by atoms with Crippen LogP contribution >= 0.6 is 0 Å². The maximum absolute atomic E-state index is 5.16. The van der Waals surface area contributed by atoms with Crippen molar-refractivity contribution < 1.29 is 4.74 Å². The minimum atomic E-state index is 0.520. The first-order chi connectivity index (χ1) is 10.2. The average molecular weight is 291 g/mol. The number of hydrogen-bond donors (Lipinski definition) is 1. The summed E-state index contributed by atoms with van der Waals surface area (Å²) in [6, 6.07) is 0. The molecule has 0 spiro atoms. The molecule has 0 aromatic carbocycles. The number of methoxy groups -OCH3 is 1. The normalized spacial score (nSPS) is 31.1. The Balaban J connectivity index is 1.59. The highest BCUT2D eigenvalue weighted by molar-refractivity contribution is 5.08. The molecule has 1 N–H and O–H groups in total. The Hall–Kier alpha value is -0.870. The molecule has 2 bridgehead atoms. The van der Waals surface area contributed by atoms with Crippen molar-refractivity contribution >= 4 is 0 Å². The van der Waals surface area contributed by atoms with Gasteiger partial charge in [0.25, 0.3) is 0 Å². The summed E-state index contributed by atoms with van der Waals surface area (Å²) in [5.41, 5.74) is 1.91. The molecule has 3 atom stereocenters. The van der Waals surface area contributed by atoms with Gasteiger partial charge in [0.1, 0.15) is 0 Å². The van der Waals surface area contributed by atoms with E-state index in [0.717, 1.165) is 31.5 Å². The number of aromatic nitrogens is 2. The molecule has 3 unspecified atom stereocenters. The Morgan fingerprint density at radius 2 is 2.38 bits per heavy atom. The van der Waals surface area contributed by atoms with E-state index in [1.807, 2.05) is 17.9 Å². The Morgan fingerprint density at radius 1 is 1.48 bits per heavy atom. The molecule has 2 aliphatic rings. The maximum Gasteiger partial charge on any atom is 0.0587 e. The van der Waals surface area contributed by atoms with Crippen LogP contribution in [0, 0.1) is 17.3 Å². The summed E-state index contributed by atoms with van der Waals surface area (Å²) in [6.45, 7) is 2.95. The van der Waals surface area contributed by atoms with E-state index in [-0.39, 0.29) is 0 Å². The minimum Gasteiger partial charge on any atom is -0.383 e. The molecule has 2 aliphatic carbocycles. The molecule has 21 heavy (non-hydrogen) atoms. The molecule has 0 amide bonds. The molecule has 3 rings (SSSR count). The number of hydrogen-bond acceptors (Lipinski definition) is 3. The van der Waals surface area contributed by atoms with Crippen LogP contribution in [0.4, 0.5) is 0 Å². The van der Waals surface area contributed by atoms with Crippen molar-refractivity contribution in [3.05, 3.63) is 18.0 Å². The van der Waals surface area contributed by atoms with Gasteiger partial charge in [0, 0.05) is 33.4 Å². The summed E-state index contributed by atoms with van der Waals surface area (Å²) < 4.78 is 7.08. The minimum absolute atomic E-state index is 0.520. The fourth-order valence-corrected chi connectivity index (χ4v) is 4.68. The van der Waals surface area contributed by atoms with E-state index in [4.69, 9.17) is 4.74 Å². The molecule has 0 saturated heterocycles. The number of ether oxygens (including phenoxy) is 1. The molecule has 4 nitrogen and oxygen atoms in total. The second-order valence-electron chi connectivity index (χ2n) is 7.13. The van der Waals surface area contributed by atoms with Gasteiger partial charge in [-0.2, -0.15) is 5.10 Å². The van der Waals surface area contributed by atoms with Crippen LogP contribution in [0.3, 0.4) is 0 Å². The van der Waals surface area contributed by atoms with Crippen molar-refractivity contribution in [2.24, 2.45) is 24.3 Å². The van der Waals surface area contributed by atoms with Gasteiger partial charge in [0.2, 0.25) is 0 Å². The molecular formula is C17H29N3O. The van der Waals surface area contributed by atoms with Gasteiger partial charge in [-0.1, -0.05) is 6.42 Å². The average Bonchev–Trinajstić information content (AvgIpc) is 3.17. The lowest BCUT2D eigenvalue weighted by atomic mass is 9.69. The Labute approximate surface area is 128 Å². The quantitative estimate of drug-likeness (QED) is 0.748. The zero-order valence-corrected chi connectivity index (χ0v) is 13.5. The summed E-state index contributed by atoms with van der Waals surface area (Å²) in [5.74, 6) is 1.93. The Bertz CT molecular complexity index is 459. The number of nitrogens with zero attached hydrogens (tertiary/aromatic N) is 2. The molecule has 0 radical (unpaired) electrons. The molecule has 2 fully saturated rings. The lowest BCUT2D eigenvalue weighted by molar-refractivity contribution is 0.134. The third kappa shape index (κ3) is 3.32. The van der Waals surface area contributed by atoms with Gasteiger partial charge < -0.3 is 10.1 Å². The van der Waals surface area contributed by atoms with E-state index in [0.29, 0.717) is 5.41 Å². The third-order valence-corrected chi connectivity index (χ3v) is 5.73. The monoisotopic (exact) mass is 291 g/mol. The van der Waals surface area contributed by atoms with Gasteiger partial charge in [-0.25, -0.2) is 0 Å². The van der Waals surface area contributed by atoms with Crippen molar-refractivity contribution in [2.75, 3.05) is 26.8 Å². The molecule has 1 aromatic rings. The summed E-state index contributed by atoms with van der Waals surface area (Å²) in [6.07, 6.45) is 12.5. The predicted octanol–water partition coefficient (Wildman–Crippen LogP) is 2.40. The van der Waals surface area contributed by atoms with Crippen LogP contribution in [0.1, 0.15) is 37.7 Å².